The number of nitro groups is 1. The van der Waals surface area contributed by atoms with E-state index in [1.165, 1.54) is 0 Å². The van der Waals surface area contributed by atoms with Gasteiger partial charge in [-0.3, -0.25) is 10.1 Å². The largest absolute Gasteiger partial charge is 0.396 e. The zero-order valence-electron chi connectivity index (χ0n) is 9.11. The van der Waals surface area contributed by atoms with E-state index in [2.05, 4.69) is 5.32 Å². The molecule has 1 aromatic carbocycles. The van der Waals surface area contributed by atoms with Crippen molar-refractivity contribution in [2.75, 3.05) is 18.5 Å². The van der Waals surface area contributed by atoms with Gasteiger partial charge in [-0.15, -0.1) is 0 Å². The average Bonchev–Trinajstić information content (AvgIpc) is 2.29. The number of anilines is 1. The van der Waals surface area contributed by atoms with E-state index in [0.717, 1.165) is 12.1 Å². The number of aliphatic hydroxyl groups excluding tert-OH is 1. The average molecular weight is 263 g/mol. The maximum Gasteiger partial charge on any atom is 0.294 e. The highest BCUT2D eigenvalue weighted by atomic mass is 35.5. The van der Waals surface area contributed by atoms with Crippen molar-refractivity contribution < 1.29 is 14.4 Å². The fourth-order valence-electron chi connectivity index (χ4n) is 1.18. The number of rotatable bonds is 5. The molecule has 0 aliphatic carbocycles. The summed E-state index contributed by atoms with van der Waals surface area (Å²) in [5, 5.41) is 22.0. The van der Waals surface area contributed by atoms with Crippen LogP contribution in [0.4, 0.5) is 15.8 Å². The number of hydrogen-bond donors (Lipinski definition) is 2. The minimum absolute atomic E-state index is 0.0530. The Morgan fingerprint density at radius 3 is 2.82 bits per heavy atom. The fraction of sp³-hybridized carbons (Fsp3) is 0.400. The number of aliphatic hydroxyl groups is 1. The first-order valence-corrected chi connectivity index (χ1v) is 5.31. The molecule has 0 aliphatic heterocycles. The Morgan fingerprint density at radius 2 is 2.29 bits per heavy atom. The van der Waals surface area contributed by atoms with E-state index >= 15 is 0 Å². The highest BCUT2D eigenvalue weighted by molar-refractivity contribution is 6.31. The van der Waals surface area contributed by atoms with Crippen LogP contribution >= 0.6 is 11.6 Å². The van der Waals surface area contributed by atoms with Gasteiger partial charge in [0.1, 0.15) is 11.5 Å². The van der Waals surface area contributed by atoms with Gasteiger partial charge in [-0.1, -0.05) is 18.5 Å². The van der Waals surface area contributed by atoms with Gasteiger partial charge in [-0.2, -0.15) is 0 Å². The highest BCUT2D eigenvalue weighted by Gasteiger charge is 2.17. The number of nitro benzene ring substituents is 1. The molecule has 5 nitrogen and oxygen atoms in total. The van der Waals surface area contributed by atoms with Crippen molar-refractivity contribution in [1.29, 1.82) is 0 Å². The summed E-state index contributed by atoms with van der Waals surface area (Å²) < 4.78 is 13.2. The Balaban J connectivity index is 2.96. The van der Waals surface area contributed by atoms with Gasteiger partial charge in [-0.25, -0.2) is 4.39 Å². The van der Waals surface area contributed by atoms with Gasteiger partial charge < -0.3 is 10.4 Å². The van der Waals surface area contributed by atoms with E-state index in [0.29, 0.717) is 6.54 Å². The first-order valence-electron chi connectivity index (χ1n) is 4.94. The second kappa shape index (κ2) is 5.79. The van der Waals surface area contributed by atoms with Gasteiger partial charge in [0.2, 0.25) is 0 Å². The zero-order chi connectivity index (χ0) is 13.0. The van der Waals surface area contributed by atoms with E-state index in [1.807, 2.05) is 0 Å². The highest BCUT2D eigenvalue weighted by Crippen LogP contribution is 2.30. The van der Waals surface area contributed by atoms with Gasteiger partial charge in [0.25, 0.3) is 5.69 Å². The van der Waals surface area contributed by atoms with Crippen LogP contribution in [0.3, 0.4) is 0 Å². The van der Waals surface area contributed by atoms with Crippen molar-refractivity contribution in [3.05, 3.63) is 33.1 Å². The number of benzene rings is 1. The molecule has 0 heterocycles. The summed E-state index contributed by atoms with van der Waals surface area (Å²) in [5.74, 6) is -0.815. The molecule has 17 heavy (non-hydrogen) atoms. The minimum atomic E-state index is -0.726. The number of nitrogens with zero attached hydrogens (tertiary/aromatic N) is 1. The Bertz CT molecular complexity index is 428. The fourth-order valence-corrected chi connectivity index (χ4v) is 1.34. The third-order valence-electron chi connectivity index (χ3n) is 2.19. The lowest BCUT2D eigenvalue weighted by Crippen LogP contribution is -2.15. The molecule has 2 N–H and O–H groups in total. The van der Waals surface area contributed by atoms with Crippen molar-refractivity contribution in [1.82, 2.24) is 0 Å². The normalized spacial score (nSPS) is 12.2. The van der Waals surface area contributed by atoms with Crippen molar-refractivity contribution in [3.63, 3.8) is 0 Å². The smallest absolute Gasteiger partial charge is 0.294 e. The maximum absolute atomic E-state index is 13.2. The molecule has 0 fully saturated rings. The molecule has 7 heteroatoms. The molecule has 0 saturated carbocycles. The van der Waals surface area contributed by atoms with E-state index in [4.69, 9.17) is 16.7 Å². The molecule has 1 aromatic rings. The van der Waals surface area contributed by atoms with Crippen LogP contribution in [-0.2, 0) is 0 Å². The van der Waals surface area contributed by atoms with Crippen molar-refractivity contribution in [2.45, 2.75) is 6.92 Å². The van der Waals surface area contributed by atoms with Crippen molar-refractivity contribution in [3.8, 4) is 0 Å². The van der Waals surface area contributed by atoms with Crippen LogP contribution in [0.25, 0.3) is 0 Å². The monoisotopic (exact) mass is 262 g/mol. The molecule has 0 spiro atoms. The molecule has 1 rings (SSSR count). The lowest BCUT2D eigenvalue weighted by molar-refractivity contribution is -0.384. The molecule has 0 aromatic heterocycles. The van der Waals surface area contributed by atoms with Gasteiger partial charge in [-0.05, 0) is 5.92 Å². The van der Waals surface area contributed by atoms with Crippen molar-refractivity contribution >= 4 is 23.0 Å². The third kappa shape index (κ3) is 3.54. The van der Waals surface area contributed by atoms with Gasteiger partial charge >= 0.3 is 0 Å². The van der Waals surface area contributed by atoms with Gasteiger partial charge in [0.05, 0.1) is 9.95 Å². The van der Waals surface area contributed by atoms with E-state index < -0.39 is 10.7 Å². The van der Waals surface area contributed by atoms with Crippen LogP contribution in [-0.4, -0.2) is 23.2 Å². The lowest BCUT2D eigenvalue weighted by Gasteiger charge is -2.11. The van der Waals surface area contributed by atoms with Crippen LogP contribution in [0.15, 0.2) is 12.1 Å². The maximum atomic E-state index is 13.2. The van der Waals surface area contributed by atoms with E-state index in [9.17, 15) is 14.5 Å². The summed E-state index contributed by atoms with van der Waals surface area (Å²) in [4.78, 5) is 10.1. The van der Waals surface area contributed by atoms with Crippen LogP contribution in [0, 0.1) is 21.8 Å². The Labute approximate surface area is 102 Å². The van der Waals surface area contributed by atoms with Gasteiger partial charge in [0.15, 0.2) is 0 Å². The van der Waals surface area contributed by atoms with Crippen LogP contribution in [0.1, 0.15) is 6.92 Å². The summed E-state index contributed by atoms with van der Waals surface area (Å²) in [6.45, 7) is 2.00. The van der Waals surface area contributed by atoms with Crippen molar-refractivity contribution in [2.24, 2.45) is 5.92 Å². The van der Waals surface area contributed by atoms with E-state index in [1.54, 1.807) is 6.92 Å². The second-order valence-electron chi connectivity index (χ2n) is 3.71. The molecular weight excluding hydrogens is 251 g/mol. The summed E-state index contributed by atoms with van der Waals surface area (Å²) in [6, 6.07) is 1.94. The molecule has 94 valence electrons. The topological polar surface area (TPSA) is 75.4 Å². The summed E-state index contributed by atoms with van der Waals surface area (Å²) >= 11 is 5.47. The molecule has 0 amide bonds. The van der Waals surface area contributed by atoms with Crippen LogP contribution < -0.4 is 5.32 Å². The molecule has 0 aliphatic rings. The standard InChI is InChI=1S/C10H12ClFN2O3/c1-6(5-15)4-13-9-3-8(12)7(11)2-10(9)14(16)17/h2-3,6,13,15H,4-5H2,1H3. The number of halogens is 2. The Kier molecular flexibility index (Phi) is 4.65. The minimum Gasteiger partial charge on any atom is -0.396 e. The first kappa shape index (κ1) is 13.7. The number of hydrogen-bond acceptors (Lipinski definition) is 4. The molecule has 1 atom stereocenters. The second-order valence-corrected chi connectivity index (χ2v) is 4.12. The van der Waals surface area contributed by atoms with Crippen LogP contribution in [0.5, 0.6) is 0 Å². The summed E-state index contributed by atoms with van der Waals surface area (Å²) in [7, 11) is 0. The Morgan fingerprint density at radius 1 is 1.65 bits per heavy atom. The third-order valence-corrected chi connectivity index (χ3v) is 2.48. The lowest BCUT2D eigenvalue weighted by atomic mass is 10.2. The first-order chi connectivity index (χ1) is 7.95. The molecule has 1 unspecified atom stereocenters. The van der Waals surface area contributed by atoms with Gasteiger partial charge in [0, 0.05) is 25.3 Å². The molecule has 0 bridgehead atoms. The van der Waals surface area contributed by atoms with Crippen LogP contribution in [0.2, 0.25) is 5.02 Å². The summed E-state index contributed by atoms with van der Waals surface area (Å²) in [5.41, 5.74) is -0.237. The SMILES string of the molecule is CC(CO)CNc1cc(F)c(Cl)cc1[N+](=O)[O-]. The Hall–Kier alpha value is -1.40. The van der Waals surface area contributed by atoms with E-state index in [-0.39, 0.29) is 28.9 Å². The number of nitrogens with one attached hydrogen (secondary N) is 1. The molecular formula is C10H12ClFN2O3. The predicted octanol–water partition coefficient (Wildman–Crippen LogP) is 2.43. The predicted molar refractivity (Wildman–Crippen MR) is 62.8 cm³/mol. The molecule has 0 radical (unpaired) electrons. The molecule has 0 saturated heterocycles. The zero-order valence-corrected chi connectivity index (χ0v) is 9.87. The summed E-state index contributed by atoms with van der Waals surface area (Å²) in [6.07, 6.45) is 0. The quantitative estimate of drug-likeness (QED) is 0.631.